The largest absolute Gasteiger partial charge is 0.294 e. The van der Waals surface area contributed by atoms with Gasteiger partial charge in [0, 0.05) is 16.5 Å². The first-order chi connectivity index (χ1) is 8.75. The third kappa shape index (κ3) is 2.19. The molecule has 0 saturated heterocycles. The van der Waals surface area contributed by atoms with Gasteiger partial charge in [-0.1, -0.05) is 41.9 Å². The SMILES string of the molecule is O=C(c1ccc(Cl)cc1)[C@H]1C[C@H]1c1ccccc1. The summed E-state index contributed by atoms with van der Waals surface area (Å²) in [5.41, 5.74) is 2.03. The molecule has 1 nitrogen and oxygen atoms in total. The second-order valence-electron chi connectivity index (χ2n) is 4.73. The van der Waals surface area contributed by atoms with Gasteiger partial charge < -0.3 is 0 Å². The summed E-state index contributed by atoms with van der Waals surface area (Å²) in [4.78, 5) is 12.3. The molecule has 18 heavy (non-hydrogen) atoms. The second-order valence-corrected chi connectivity index (χ2v) is 5.17. The molecule has 2 aromatic carbocycles. The summed E-state index contributed by atoms with van der Waals surface area (Å²) in [5.74, 6) is 0.781. The number of hydrogen-bond donors (Lipinski definition) is 0. The molecular weight excluding hydrogens is 244 g/mol. The lowest BCUT2D eigenvalue weighted by molar-refractivity contribution is 0.0965. The van der Waals surface area contributed by atoms with Crippen LogP contribution >= 0.6 is 11.6 Å². The number of carbonyl (C=O) groups excluding carboxylic acids is 1. The summed E-state index contributed by atoms with van der Waals surface area (Å²) in [5, 5.41) is 0.668. The first kappa shape index (κ1) is 11.5. The van der Waals surface area contributed by atoms with E-state index in [0.717, 1.165) is 12.0 Å². The average Bonchev–Trinajstić information content (AvgIpc) is 3.20. The molecule has 0 heterocycles. The van der Waals surface area contributed by atoms with Crippen molar-refractivity contribution in [3.05, 3.63) is 70.7 Å². The van der Waals surface area contributed by atoms with E-state index in [1.165, 1.54) is 5.56 Å². The highest BCUT2D eigenvalue weighted by Crippen LogP contribution is 2.49. The second kappa shape index (κ2) is 4.58. The third-order valence-corrected chi connectivity index (χ3v) is 3.74. The van der Waals surface area contributed by atoms with E-state index >= 15 is 0 Å². The van der Waals surface area contributed by atoms with E-state index in [9.17, 15) is 4.79 Å². The van der Waals surface area contributed by atoms with Crippen LogP contribution in [-0.2, 0) is 0 Å². The van der Waals surface area contributed by atoms with Crippen LogP contribution in [0.1, 0.15) is 28.3 Å². The molecule has 0 unspecified atom stereocenters. The lowest BCUT2D eigenvalue weighted by atomic mass is 10.0. The molecule has 3 rings (SSSR count). The Kier molecular flexibility index (Phi) is 2.92. The number of carbonyl (C=O) groups is 1. The summed E-state index contributed by atoms with van der Waals surface area (Å²) in [7, 11) is 0. The summed E-state index contributed by atoms with van der Waals surface area (Å²) in [6.07, 6.45) is 0.964. The molecule has 1 saturated carbocycles. The van der Waals surface area contributed by atoms with Crippen LogP contribution in [0.4, 0.5) is 0 Å². The minimum atomic E-state index is 0.147. The van der Waals surface area contributed by atoms with Crippen LogP contribution in [0.25, 0.3) is 0 Å². The van der Waals surface area contributed by atoms with Crippen LogP contribution in [0.15, 0.2) is 54.6 Å². The molecule has 2 aromatic rings. The van der Waals surface area contributed by atoms with Crippen LogP contribution in [0.5, 0.6) is 0 Å². The van der Waals surface area contributed by atoms with Gasteiger partial charge in [-0.2, -0.15) is 0 Å². The minimum Gasteiger partial charge on any atom is -0.294 e. The quantitative estimate of drug-likeness (QED) is 0.747. The number of ketones is 1. The van der Waals surface area contributed by atoms with Gasteiger partial charge in [0.05, 0.1) is 0 Å². The molecule has 2 atom stereocenters. The van der Waals surface area contributed by atoms with Gasteiger partial charge in [-0.05, 0) is 42.2 Å². The Morgan fingerprint density at radius 2 is 1.67 bits per heavy atom. The summed E-state index contributed by atoms with van der Waals surface area (Å²) in [6, 6.07) is 17.4. The van der Waals surface area contributed by atoms with Crippen molar-refractivity contribution >= 4 is 17.4 Å². The molecule has 1 aliphatic carbocycles. The Balaban J connectivity index is 1.75. The maximum atomic E-state index is 12.3. The molecule has 1 fully saturated rings. The number of rotatable bonds is 3. The molecule has 2 heteroatoms. The van der Waals surface area contributed by atoms with Crippen molar-refractivity contribution in [3.63, 3.8) is 0 Å². The number of Topliss-reactive ketones (excluding diaryl/α,β-unsaturated/α-hetero) is 1. The zero-order valence-electron chi connectivity index (χ0n) is 9.84. The number of halogens is 1. The van der Waals surface area contributed by atoms with Gasteiger partial charge in [0.15, 0.2) is 5.78 Å². The fraction of sp³-hybridized carbons (Fsp3) is 0.188. The monoisotopic (exact) mass is 256 g/mol. The summed E-state index contributed by atoms with van der Waals surface area (Å²) >= 11 is 5.82. The van der Waals surface area contributed by atoms with Crippen molar-refractivity contribution in [2.45, 2.75) is 12.3 Å². The van der Waals surface area contributed by atoms with E-state index in [4.69, 9.17) is 11.6 Å². The molecule has 0 aromatic heterocycles. The first-order valence-electron chi connectivity index (χ1n) is 6.10. The topological polar surface area (TPSA) is 17.1 Å². The van der Waals surface area contributed by atoms with E-state index in [1.54, 1.807) is 12.1 Å². The van der Waals surface area contributed by atoms with Gasteiger partial charge in [0.25, 0.3) is 0 Å². The van der Waals surface area contributed by atoms with Gasteiger partial charge in [-0.15, -0.1) is 0 Å². The molecule has 90 valence electrons. The van der Waals surface area contributed by atoms with Gasteiger partial charge in [0.1, 0.15) is 0 Å². The molecule has 0 spiro atoms. The zero-order chi connectivity index (χ0) is 12.5. The maximum Gasteiger partial charge on any atom is 0.166 e. The molecule has 0 radical (unpaired) electrons. The standard InChI is InChI=1S/C16H13ClO/c17-13-8-6-12(7-9-13)16(18)15-10-14(15)11-4-2-1-3-5-11/h1-9,14-15H,10H2/t14-,15-/m0/s1. The van der Waals surface area contributed by atoms with Gasteiger partial charge >= 0.3 is 0 Å². The highest BCUT2D eigenvalue weighted by Gasteiger charge is 2.43. The van der Waals surface area contributed by atoms with Crippen LogP contribution in [0.2, 0.25) is 5.02 Å². The van der Waals surface area contributed by atoms with E-state index < -0.39 is 0 Å². The lowest BCUT2D eigenvalue weighted by Crippen LogP contribution is -2.02. The van der Waals surface area contributed by atoms with Crippen LogP contribution < -0.4 is 0 Å². The van der Waals surface area contributed by atoms with Crippen molar-refractivity contribution in [3.8, 4) is 0 Å². The van der Waals surface area contributed by atoms with E-state index in [-0.39, 0.29) is 11.7 Å². The normalized spacial score (nSPS) is 21.6. The zero-order valence-corrected chi connectivity index (χ0v) is 10.6. The van der Waals surface area contributed by atoms with Crippen LogP contribution in [-0.4, -0.2) is 5.78 Å². The van der Waals surface area contributed by atoms with Crippen molar-refractivity contribution < 1.29 is 4.79 Å². The molecule has 1 aliphatic rings. The van der Waals surface area contributed by atoms with Gasteiger partial charge in [-0.25, -0.2) is 0 Å². The molecule has 0 amide bonds. The Morgan fingerprint density at radius 1 is 1.00 bits per heavy atom. The maximum absolute atomic E-state index is 12.3. The predicted molar refractivity (Wildman–Crippen MR) is 73.1 cm³/mol. The van der Waals surface area contributed by atoms with E-state index in [0.29, 0.717) is 10.9 Å². The summed E-state index contributed by atoms with van der Waals surface area (Å²) < 4.78 is 0. The lowest BCUT2D eigenvalue weighted by Gasteiger charge is -2.01. The Labute approximate surface area is 111 Å². The summed E-state index contributed by atoms with van der Waals surface area (Å²) in [6.45, 7) is 0. The minimum absolute atomic E-state index is 0.147. The van der Waals surface area contributed by atoms with E-state index in [1.807, 2.05) is 30.3 Å². The molecule has 0 aliphatic heterocycles. The highest BCUT2D eigenvalue weighted by atomic mass is 35.5. The number of benzene rings is 2. The predicted octanol–water partition coefficient (Wildman–Crippen LogP) is 4.33. The van der Waals surface area contributed by atoms with Crippen LogP contribution in [0.3, 0.4) is 0 Å². The molecular formula is C16H13ClO. The van der Waals surface area contributed by atoms with Crippen LogP contribution in [0, 0.1) is 5.92 Å². The molecule has 0 N–H and O–H groups in total. The van der Waals surface area contributed by atoms with Gasteiger partial charge in [-0.3, -0.25) is 4.79 Å². The molecule has 0 bridgehead atoms. The third-order valence-electron chi connectivity index (χ3n) is 3.48. The fourth-order valence-corrected chi connectivity index (χ4v) is 2.51. The number of hydrogen-bond acceptors (Lipinski definition) is 1. The average molecular weight is 257 g/mol. The van der Waals surface area contributed by atoms with Gasteiger partial charge in [0.2, 0.25) is 0 Å². The smallest absolute Gasteiger partial charge is 0.166 e. The van der Waals surface area contributed by atoms with Crippen molar-refractivity contribution in [2.24, 2.45) is 5.92 Å². The Bertz CT molecular complexity index is 559. The Hall–Kier alpha value is -1.60. The Morgan fingerprint density at radius 3 is 2.33 bits per heavy atom. The highest BCUT2D eigenvalue weighted by molar-refractivity contribution is 6.30. The van der Waals surface area contributed by atoms with Crippen molar-refractivity contribution in [2.75, 3.05) is 0 Å². The van der Waals surface area contributed by atoms with E-state index in [2.05, 4.69) is 12.1 Å². The fourth-order valence-electron chi connectivity index (χ4n) is 2.38. The van der Waals surface area contributed by atoms with Crippen molar-refractivity contribution in [1.82, 2.24) is 0 Å². The van der Waals surface area contributed by atoms with Crippen molar-refractivity contribution in [1.29, 1.82) is 0 Å². The first-order valence-corrected chi connectivity index (χ1v) is 6.48.